The summed E-state index contributed by atoms with van der Waals surface area (Å²) < 4.78 is 10.1. The zero-order valence-corrected chi connectivity index (χ0v) is 5.63. The molecule has 0 unspecified atom stereocenters. The molecule has 0 aromatic heterocycles. The quantitative estimate of drug-likeness (QED) is 0.548. The van der Waals surface area contributed by atoms with E-state index in [1.165, 1.54) is 0 Å². The number of para-hydroxylation sites is 1. The van der Waals surface area contributed by atoms with Crippen LogP contribution in [0.5, 0.6) is 0 Å². The van der Waals surface area contributed by atoms with Crippen molar-refractivity contribution in [1.29, 1.82) is 0 Å². The second-order valence-electron chi connectivity index (χ2n) is 1.56. The molecule has 0 aliphatic heterocycles. The van der Waals surface area contributed by atoms with Crippen molar-refractivity contribution < 1.29 is 4.39 Å². The standard InChI is InChI=1S/C6H7N.C2H3F/c7-6-4-2-1-3-5-6;1-2-3/h1-5H,7H2;2H,1H2. The Balaban J connectivity index is 0.000000236. The normalized spacial score (nSPS) is 7.30. The van der Waals surface area contributed by atoms with Gasteiger partial charge in [0.2, 0.25) is 0 Å². The second kappa shape index (κ2) is 5.82. The number of rotatable bonds is 0. The van der Waals surface area contributed by atoms with Crippen molar-refractivity contribution in [1.82, 2.24) is 0 Å². The minimum atomic E-state index is 0.250. The molecule has 1 aromatic rings. The van der Waals surface area contributed by atoms with Crippen molar-refractivity contribution >= 4 is 5.69 Å². The number of nitrogen functional groups attached to an aromatic ring is 1. The molecular formula is C8H10FN. The molecule has 2 heteroatoms. The molecule has 0 amide bonds. The average Bonchev–Trinajstić information content (AvgIpc) is 1.91. The Kier molecular flexibility index (Phi) is 5.06. The topological polar surface area (TPSA) is 26.0 Å². The average molecular weight is 139 g/mol. The SMILES string of the molecule is C=CF.Nc1ccccc1. The van der Waals surface area contributed by atoms with Crippen LogP contribution in [-0.2, 0) is 0 Å². The molecule has 2 N–H and O–H groups in total. The van der Waals surface area contributed by atoms with E-state index in [2.05, 4.69) is 6.58 Å². The Morgan fingerprint density at radius 2 is 1.70 bits per heavy atom. The maximum absolute atomic E-state index is 10.1. The van der Waals surface area contributed by atoms with E-state index in [-0.39, 0.29) is 6.33 Å². The van der Waals surface area contributed by atoms with Gasteiger partial charge in [-0.1, -0.05) is 24.8 Å². The summed E-state index contributed by atoms with van der Waals surface area (Å²) in [6, 6.07) is 9.49. The zero-order chi connectivity index (χ0) is 7.82. The predicted molar refractivity (Wildman–Crippen MR) is 42.2 cm³/mol. The Labute approximate surface area is 60.0 Å². The van der Waals surface area contributed by atoms with Crippen LogP contribution >= 0.6 is 0 Å². The molecule has 1 rings (SSSR count). The van der Waals surface area contributed by atoms with Gasteiger partial charge in [-0.05, 0) is 12.1 Å². The van der Waals surface area contributed by atoms with Gasteiger partial charge in [-0.3, -0.25) is 0 Å². The molecule has 0 saturated carbocycles. The van der Waals surface area contributed by atoms with Gasteiger partial charge in [0.15, 0.2) is 0 Å². The third-order valence-corrected chi connectivity index (χ3v) is 0.800. The molecule has 54 valence electrons. The van der Waals surface area contributed by atoms with Crippen molar-refractivity contribution in [2.75, 3.05) is 5.73 Å². The smallest absolute Gasteiger partial charge is 0.0795 e. The minimum Gasteiger partial charge on any atom is -0.399 e. The van der Waals surface area contributed by atoms with E-state index in [0.29, 0.717) is 0 Å². The molecule has 1 aromatic carbocycles. The van der Waals surface area contributed by atoms with Crippen LogP contribution in [0.1, 0.15) is 0 Å². The molecule has 0 heterocycles. The maximum Gasteiger partial charge on any atom is 0.0795 e. The van der Waals surface area contributed by atoms with Crippen molar-refractivity contribution in [2.45, 2.75) is 0 Å². The second-order valence-corrected chi connectivity index (χ2v) is 1.56. The van der Waals surface area contributed by atoms with Gasteiger partial charge in [-0.15, -0.1) is 0 Å². The van der Waals surface area contributed by atoms with Gasteiger partial charge >= 0.3 is 0 Å². The fourth-order valence-corrected chi connectivity index (χ4v) is 0.453. The van der Waals surface area contributed by atoms with Crippen molar-refractivity contribution in [3.8, 4) is 0 Å². The molecule has 0 saturated heterocycles. The summed E-state index contributed by atoms with van der Waals surface area (Å²) in [4.78, 5) is 0. The van der Waals surface area contributed by atoms with Gasteiger partial charge in [-0.2, -0.15) is 0 Å². The van der Waals surface area contributed by atoms with Gasteiger partial charge in [0.25, 0.3) is 0 Å². The number of hydrogen-bond acceptors (Lipinski definition) is 1. The van der Waals surface area contributed by atoms with Gasteiger partial charge in [-0.25, -0.2) is 4.39 Å². The van der Waals surface area contributed by atoms with Crippen LogP contribution in [0.4, 0.5) is 10.1 Å². The van der Waals surface area contributed by atoms with Crippen LogP contribution in [0, 0.1) is 0 Å². The summed E-state index contributed by atoms with van der Waals surface area (Å²) in [6.45, 7) is 2.69. The van der Waals surface area contributed by atoms with E-state index >= 15 is 0 Å². The lowest BCUT2D eigenvalue weighted by Crippen LogP contribution is -1.79. The van der Waals surface area contributed by atoms with Gasteiger partial charge in [0, 0.05) is 5.69 Å². The third-order valence-electron chi connectivity index (χ3n) is 0.800. The highest BCUT2D eigenvalue weighted by Gasteiger charge is 1.72. The molecule has 0 bridgehead atoms. The first-order valence-corrected chi connectivity index (χ1v) is 2.83. The van der Waals surface area contributed by atoms with Crippen molar-refractivity contribution in [3.05, 3.63) is 43.2 Å². The van der Waals surface area contributed by atoms with Crippen molar-refractivity contribution in [2.24, 2.45) is 0 Å². The van der Waals surface area contributed by atoms with Crippen LogP contribution in [0.25, 0.3) is 0 Å². The molecule has 0 fully saturated rings. The highest BCUT2D eigenvalue weighted by atomic mass is 19.1. The Morgan fingerprint density at radius 3 is 1.90 bits per heavy atom. The summed E-state index contributed by atoms with van der Waals surface area (Å²) in [6.07, 6.45) is 0.250. The van der Waals surface area contributed by atoms with Gasteiger partial charge in [0.1, 0.15) is 0 Å². The largest absolute Gasteiger partial charge is 0.399 e. The van der Waals surface area contributed by atoms with E-state index in [4.69, 9.17) is 5.73 Å². The molecule has 0 aliphatic rings. The summed E-state index contributed by atoms with van der Waals surface area (Å²) in [5.41, 5.74) is 6.18. The molecule has 0 atom stereocenters. The Hall–Kier alpha value is -1.31. The number of halogens is 1. The predicted octanol–water partition coefficient (Wildman–Crippen LogP) is 2.37. The number of hydrogen-bond donors (Lipinski definition) is 1. The van der Waals surface area contributed by atoms with Gasteiger partial charge in [0.05, 0.1) is 6.33 Å². The van der Waals surface area contributed by atoms with Crippen LogP contribution in [0.3, 0.4) is 0 Å². The first-order chi connectivity index (χ1) is 4.81. The highest BCUT2D eigenvalue weighted by Crippen LogP contribution is 1.95. The number of benzene rings is 1. The van der Waals surface area contributed by atoms with Crippen LogP contribution in [0.15, 0.2) is 43.2 Å². The minimum absolute atomic E-state index is 0.250. The summed E-state index contributed by atoms with van der Waals surface area (Å²) in [5.74, 6) is 0. The molecule has 0 spiro atoms. The van der Waals surface area contributed by atoms with Crippen LogP contribution in [-0.4, -0.2) is 0 Å². The summed E-state index contributed by atoms with van der Waals surface area (Å²) in [5, 5.41) is 0. The number of nitrogens with two attached hydrogens (primary N) is 1. The maximum atomic E-state index is 10.1. The van der Waals surface area contributed by atoms with E-state index in [1.807, 2.05) is 30.3 Å². The Bertz CT molecular complexity index is 172. The molecule has 0 radical (unpaired) electrons. The molecule has 0 aliphatic carbocycles. The number of anilines is 1. The molecular weight excluding hydrogens is 129 g/mol. The van der Waals surface area contributed by atoms with Gasteiger partial charge < -0.3 is 5.73 Å². The summed E-state index contributed by atoms with van der Waals surface area (Å²) >= 11 is 0. The van der Waals surface area contributed by atoms with E-state index in [9.17, 15) is 4.39 Å². The van der Waals surface area contributed by atoms with Crippen LogP contribution in [0.2, 0.25) is 0 Å². The highest BCUT2D eigenvalue weighted by molar-refractivity contribution is 5.35. The fraction of sp³-hybridized carbons (Fsp3) is 0. The molecule has 10 heavy (non-hydrogen) atoms. The van der Waals surface area contributed by atoms with Crippen LogP contribution < -0.4 is 5.73 Å². The lowest BCUT2D eigenvalue weighted by molar-refractivity contribution is 0.725. The molecule has 1 nitrogen and oxygen atoms in total. The Morgan fingerprint density at radius 1 is 1.30 bits per heavy atom. The van der Waals surface area contributed by atoms with E-state index in [1.54, 1.807) is 0 Å². The fourth-order valence-electron chi connectivity index (χ4n) is 0.453. The monoisotopic (exact) mass is 139 g/mol. The summed E-state index contributed by atoms with van der Waals surface area (Å²) in [7, 11) is 0. The van der Waals surface area contributed by atoms with E-state index < -0.39 is 0 Å². The first kappa shape index (κ1) is 8.69. The lowest BCUT2D eigenvalue weighted by atomic mass is 10.3. The zero-order valence-electron chi connectivity index (χ0n) is 5.63. The lowest BCUT2D eigenvalue weighted by Gasteiger charge is -1.83. The van der Waals surface area contributed by atoms with E-state index in [0.717, 1.165) is 5.69 Å². The van der Waals surface area contributed by atoms with Crippen molar-refractivity contribution in [3.63, 3.8) is 0 Å². The first-order valence-electron chi connectivity index (χ1n) is 2.83. The third kappa shape index (κ3) is 4.84.